The molecule has 1 heterocycles. The van der Waals surface area contributed by atoms with Gasteiger partial charge in [0.05, 0.1) is 26.5 Å². The van der Waals surface area contributed by atoms with E-state index in [1.807, 2.05) is 6.08 Å². The first-order chi connectivity index (χ1) is 15.8. The van der Waals surface area contributed by atoms with E-state index in [1.165, 1.54) is 56.4 Å². The van der Waals surface area contributed by atoms with E-state index in [4.69, 9.17) is 34.8 Å². The third-order valence-corrected chi connectivity index (χ3v) is 9.42. The fourth-order valence-corrected chi connectivity index (χ4v) is 8.01. The van der Waals surface area contributed by atoms with Crippen LogP contribution in [-0.4, -0.2) is 26.4 Å². The van der Waals surface area contributed by atoms with Gasteiger partial charge in [0.15, 0.2) is 5.16 Å². The van der Waals surface area contributed by atoms with E-state index >= 15 is 0 Å². The van der Waals surface area contributed by atoms with Crippen molar-refractivity contribution in [1.29, 1.82) is 0 Å². The molecule has 2 aromatic rings. The summed E-state index contributed by atoms with van der Waals surface area (Å²) >= 11 is 19.6. The average molecular weight is 526 g/mol. The molecule has 0 atom stereocenters. The van der Waals surface area contributed by atoms with Crippen molar-refractivity contribution in [3.8, 4) is 0 Å². The molecule has 176 valence electrons. The SMILES string of the molecule is C=CCn1c(CC23CC4CC(CC(C4)C2)C3)nnc1SCC(=O)Nc1cc(Cl)c(Cl)cc1Cl. The Hall–Kier alpha value is -1.21. The van der Waals surface area contributed by atoms with Crippen molar-refractivity contribution in [2.75, 3.05) is 11.1 Å². The van der Waals surface area contributed by atoms with E-state index in [1.54, 1.807) is 6.07 Å². The van der Waals surface area contributed by atoms with Crippen molar-refractivity contribution < 1.29 is 4.79 Å². The van der Waals surface area contributed by atoms with Crippen molar-refractivity contribution in [3.05, 3.63) is 45.7 Å². The highest BCUT2D eigenvalue weighted by atomic mass is 35.5. The minimum Gasteiger partial charge on any atom is -0.324 e. The van der Waals surface area contributed by atoms with Crippen LogP contribution in [0, 0.1) is 23.2 Å². The van der Waals surface area contributed by atoms with Gasteiger partial charge in [0, 0.05) is 13.0 Å². The zero-order valence-corrected chi connectivity index (χ0v) is 21.4. The predicted octanol–water partition coefficient (Wildman–Crippen LogP) is 6.91. The van der Waals surface area contributed by atoms with Crippen LogP contribution in [0.25, 0.3) is 0 Å². The fourth-order valence-electron chi connectivity index (χ4n) is 6.65. The quantitative estimate of drug-likeness (QED) is 0.231. The van der Waals surface area contributed by atoms with E-state index in [9.17, 15) is 4.79 Å². The Kier molecular flexibility index (Phi) is 6.73. The molecule has 1 aromatic heterocycles. The van der Waals surface area contributed by atoms with Gasteiger partial charge in [-0.05, 0) is 73.8 Å². The number of rotatable bonds is 8. The van der Waals surface area contributed by atoms with Crippen LogP contribution < -0.4 is 5.32 Å². The van der Waals surface area contributed by atoms with Crippen LogP contribution in [0.3, 0.4) is 0 Å². The van der Waals surface area contributed by atoms with Gasteiger partial charge in [-0.1, -0.05) is 52.6 Å². The van der Waals surface area contributed by atoms with Crippen LogP contribution >= 0.6 is 46.6 Å². The Labute approximate surface area is 213 Å². The lowest BCUT2D eigenvalue weighted by Gasteiger charge is -2.56. The number of carbonyl (C=O) groups is 1. The number of amides is 1. The maximum atomic E-state index is 12.6. The smallest absolute Gasteiger partial charge is 0.234 e. The van der Waals surface area contributed by atoms with Crippen LogP contribution in [0.1, 0.15) is 44.3 Å². The predicted molar refractivity (Wildman–Crippen MR) is 135 cm³/mol. The summed E-state index contributed by atoms with van der Waals surface area (Å²) in [6, 6.07) is 3.07. The van der Waals surface area contributed by atoms with Crippen LogP contribution in [0.2, 0.25) is 15.1 Å². The summed E-state index contributed by atoms with van der Waals surface area (Å²) in [6.45, 7) is 4.55. The zero-order valence-electron chi connectivity index (χ0n) is 18.3. The summed E-state index contributed by atoms with van der Waals surface area (Å²) < 4.78 is 2.12. The molecule has 1 amide bonds. The number of hydrogen-bond acceptors (Lipinski definition) is 4. The molecule has 0 radical (unpaired) electrons. The van der Waals surface area contributed by atoms with Crippen LogP contribution in [0.15, 0.2) is 29.9 Å². The highest BCUT2D eigenvalue weighted by Gasteiger charge is 2.51. The van der Waals surface area contributed by atoms with Crippen molar-refractivity contribution in [3.63, 3.8) is 0 Å². The molecule has 4 saturated carbocycles. The molecular formula is C24H27Cl3N4OS. The summed E-state index contributed by atoms with van der Waals surface area (Å²) in [5, 5.41) is 13.6. The highest BCUT2D eigenvalue weighted by Crippen LogP contribution is 2.61. The molecule has 0 aliphatic heterocycles. The molecule has 9 heteroatoms. The highest BCUT2D eigenvalue weighted by molar-refractivity contribution is 7.99. The molecule has 4 aliphatic rings. The van der Waals surface area contributed by atoms with Crippen molar-refractivity contribution >= 4 is 58.2 Å². The first kappa shape index (κ1) is 23.5. The van der Waals surface area contributed by atoms with Gasteiger partial charge < -0.3 is 9.88 Å². The van der Waals surface area contributed by atoms with E-state index in [0.29, 0.717) is 32.7 Å². The Balaban J connectivity index is 1.26. The standard InChI is InChI=1S/C24H27Cl3N4OS/c1-2-3-31-21(12-24-9-14-4-15(10-24)6-16(5-14)11-24)29-30-23(31)33-13-22(32)28-20-8-18(26)17(25)7-19(20)27/h2,7-8,14-16H,1,3-6,9-13H2,(H,28,32). The molecule has 0 unspecified atom stereocenters. The van der Waals surface area contributed by atoms with E-state index < -0.39 is 0 Å². The first-order valence-corrected chi connectivity index (χ1v) is 13.6. The maximum absolute atomic E-state index is 12.6. The lowest BCUT2D eigenvalue weighted by molar-refractivity contribution is -0.113. The second-order valence-corrected chi connectivity index (χ2v) is 12.1. The summed E-state index contributed by atoms with van der Waals surface area (Å²) in [4.78, 5) is 12.6. The van der Waals surface area contributed by atoms with Gasteiger partial charge in [0.2, 0.25) is 5.91 Å². The number of halogens is 3. The lowest BCUT2D eigenvalue weighted by atomic mass is 9.49. The number of allylic oxidation sites excluding steroid dienone is 1. The molecule has 4 fully saturated rings. The lowest BCUT2D eigenvalue weighted by Crippen LogP contribution is -2.47. The molecule has 0 spiro atoms. The number of nitrogens with one attached hydrogen (secondary N) is 1. The second kappa shape index (κ2) is 9.44. The van der Waals surface area contributed by atoms with Gasteiger partial charge >= 0.3 is 0 Å². The van der Waals surface area contributed by atoms with Gasteiger partial charge in [-0.15, -0.1) is 16.8 Å². The normalized spacial score (nSPS) is 27.7. The van der Waals surface area contributed by atoms with E-state index in [2.05, 4.69) is 26.7 Å². The summed E-state index contributed by atoms with van der Waals surface area (Å²) in [6.07, 6.45) is 11.1. The van der Waals surface area contributed by atoms with Crippen LogP contribution in [-0.2, 0) is 17.8 Å². The third-order valence-electron chi connectivity index (χ3n) is 7.42. The summed E-state index contributed by atoms with van der Waals surface area (Å²) in [5.74, 6) is 3.71. The number of benzene rings is 1. The molecule has 5 nitrogen and oxygen atoms in total. The van der Waals surface area contributed by atoms with Crippen molar-refractivity contribution in [2.45, 2.75) is 56.6 Å². The molecule has 33 heavy (non-hydrogen) atoms. The molecule has 0 saturated heterocycles. The fraction of sp³-hybridized carbons (Fsp3) is 0.542. The summed E-state index contributed by atoms with van der Waals surface area (Å²) in [5.41, 5.74) is 0.816. The largest absolute Gasteiger partial charge is 0.324 e. The third kappa shape index (κ3) is 4.95. The minimum absolute atomic E-state index is 0.184. The van der Waals surface area contributed by atoms with Gasteiger partial charge in [-0.3, -0.25) is 4.79 Å². The summed E-state index contributed by atoms with van der Waals surface area (Å²) in [7, 11) is 0. The second-order valence-electron chi connectivity index (χ2n) is 9.98. The molecule has 1 aromatic carbocycles. The van der Waals surface area contributed by atoms with Crippen molar-refractivity contribution in [2.24, 2.45) is 23.2 Å². The zero-order chi connectivity index (χ0) is 23.2. The van der Waals surface area contributed by atoms with Crippen LogP contribution in [0.5, 0.6) is 0 Å². The number of nitrogens with zero attached hydrogens (tertiary/aromatic N) is 3. The van der Waals surface area contributed by atoms with Gasteiger partial charge in [-0.25, -0.2) is 0 Å². The Morgan fingerprint density at radius 1 is 1.09 bits per heavy atom. The minimum atomic E-state index is -0.198. The van der Waals surface area contributed by atoms with E-state index in [0.717, 1.165) is 35.2 Å². The van der Waals surface area contributed by atoms with Crippen LogP contribution in [0.4, 0.5) is 5.69 Å². The topological polar surface area (TPSA) is 59.8 Å². The molecule has 1 N–H and O–H groups in total. The molecule has 6 rings (SSSR count). The average Bonchev–Trinajstić information content (AvgIpc) is 3.10. The monoisotopic (exact) mass is 524 g/mol. The Bertz CT molecular complexity index is 1050. The van der Waals surface area contributed by atoms with Gasteiger partial charge in [0.1, 0.15) is 5.82 Å². The molecule has 4 aliphatic carbocycles. The number of aromatic nitrogens is 3. The Morgan fingerprint density at radius 2 is 1.73 bits per heavy atom. The van der Waals surface area contributed by atoms with Gasteiger partial charge in [-0.2, -0.15) is 0 Å². The number of hydrogen-bond donors (Lipinski definition) is 1. The first-order valence-electron chi connectivity index (χ1n) is 11.4. The number of thioether (sulfide) groups is 1. The number of anilines is 1. The maximum Gasteiger partial charge on any atom is 0.234 e. The van der Waals surface area contributed by atoms with E-state index in [-0.39, 0.29) is 11.7 Å². The van der Waals surface area contributed by atoms with Gasteiger partial charge in [0.25, 0.3) is 0 Å². The Morgan fingerprint density at radius 3 is 2.36 bits per heavy atom. The molecule has 4 bridgehead atoms. The number of carbonyl (C=O) groups excluding carboxylic acids is 1. The molecular weight excluding hydrogens is 499 g/mol. The van der Waals surface area contributed by atoms with Crippen molar-refractivity contribution in [1.82, 2.24) is 14.8 Å².